The van der Waals surface area contributed by atoms with Crippen LogP contribution in [-0.2, 0) is 11.3 Å². The maximum Gasteiger partial charge on any atom is 0.102 e. The topological polar surface area (TPSA) is 91.3 Å². The minimum absolute atomic E-state index is 0.161. The smallest absolute Gasteiger partial charge is 0.102 e. The molecule has 1 aromatic heterocycles. The van der Waals surface area contributed by atoms with Crippen LogP contribution in [0, 0.1) is 52.3 Å². The lowest BCUT2D eigenvalue weighted by molar-refractivity contribution is -0.138. The van der Waals surface area contributed by atoms with E-state index in [4.69, 9.17) is 10.00 Å². The van der Waals surface area contributed by atoms with Crippen molar-refractivity contribution in [1.29, 1.82) is 5.26 Å². The summed E-state index contributed by atoms with van der Waals surface area (Å²) in [7, 11) is 1.70. The molecular weight excluding hydrogens is 414 g/mol. The van der Waals surface area contributed by atoms with Crippen LogP contribution in [0.15, 0.2) is 12.4 Å². The van der Waals surface area contributed by atoms with Crippen LogP contribution in [0.3, 0.4) is 0 Å². The van der Waals surface area contributed by atoms with Gasteiger partial charge in [-0.25, -0.2) is 0 Å². The molecule has 0 saturated heterocycles. The molecule has 6 heteroatoms. The molecule has 1 heterocycles. The second-order valence-corrected chi connectivity index (χ2v) is 12.4. The maximum absolute atomic E-state index is 11.7. The van der Waals surface area contributed by atoms with Gasteiger partial charge < -0.3 is 14.9 Å². The van der Waals surface area contributed by atoms with Gasteiger partial charge in [-0.1, -0.05) is 6.92 Å². The number of fused-ring (bicyclic) bond motifs is 5. The third-order valence-corrected chi connectivity index (χ3v) is 10.5. The Morgan fingerprint density at radius 3 is 2.70 bits per heavy atom. The minimum atomic E-state index is -0.840. The summed E-state index contributed by atoms with van der Waals surface area (Å²) in [5, 5.41) is 36.1. The van der Waals surface area contributed by atoms with Crippen LogP contribution in [0.1, 0.15) is 77.2 Å². The summed E-state index contributed by atoms with van der Waals surface area (Å²) in [6.07, 6.45) is 13.5. The highest BCUT2D eigenvalue weighted by Gasteiger charge is 2.60. The zero-order chi connectivity index (χ0) is 23.4. The van der Waals surface area contributed by atoms with E-state index in [1.165, 1.54) is 32.1 Å². The molecular formula is C27H41N3O3. The lowest BCUT2D eigenvalue weighted by Gasteiger charge is -2.58. The Labute approximate surface area is 198 Å². The van der Waals surface area contributed by atoms with E-state index in [9.17, 15) is 10.2 Å². The molecule has 5 rings (SSSR count). The highest BCUT2D eigenvalue weighted by atomic mass is 16.5. The summed E-state index contributed by atoms with van der Waals surface area (Å²) in [4.78, 5) is 0. The molecule has 182 valence electrons. The molecule has 0 spiro atoms. The number of ether oxygens (including phenoxy) is 1. The fourth-order valence-electron chi connectivity index (χ4n) is 9.33. The molecule has 2 N–H and O–H groups in total. The number of methoxy groups -OCH3 is 1. The van der Waals surface area contributed by atoms with Crippen LogP contribution in [0.5, 0.6) is 0 Å². The first-order chi connectivity index (χ1) is 15.7. The Kier molecular flexibility index (Phi) is 5.91. The van der Waals surface area contributed by atoms with Crippen LogP contribution >= 0.6 is 0 Å². The van der Waals surface area contributed by atoms with Gasteiger partial charge in [0.1, 0.15) is 6.07 Å². The monoisotopic (exact) mass is 455 g/mol. The van der Waals surface area contributed by atoms with E-state index < -0.39 is 11.2 Å². The Morgan fingerprint density at radius 1 is 1.18 bits per heavy atom. The number of nitriles is 1. The molecule has 1 aromatic rings. The summed E-state index contributed by atoms with van der Waals surface area (Å²) in [6.45, 7) is 5.35. The predicted molar refractivity (Wildman–Crippen MR) is 125 cm³/mol. The molecule has 33 heavy (non-hydrogen) atoms. The minimum Gasteiger partial charge on any atom is -0.388 e. The van der Waals surface area contributed by atoms with Crippen LogP contribution in [0.2, 0.25) is 0 Å². The average Bonchev–Trinajstić information content (AvgIpc) is 3.36. The first kappa shape index (κ1) is 23.3. The van der Waals surface area contributed by atoms with Crippen LogP contribution in [0.4, 0.5) is 0 Å². The maximum atomic E-state index is 11.7. The Hall–Kier alpha value is -1.42. The Bertz CT molecular complexity index is 907. The van der Waals surface area contributed by atoms with Gasteiger partial charge >= 0.3 is 0 Å². The van der Waals surface area contributed by atoms with Crippen molar-refractivity contribution in [1.82, 2.24) is 9.78 Å². The summed E-state index contributed by atoms with van der Waals surface area (Å²) < 4.78 is 7.08. The first-order valence-corrected chi connectivity index (χ1v) is 13.1. The molecule has 6 nitrogen and oxygen atoms in total. The van der Waals surface area contributed by atoms with Crippen LogP contribution in [-0.4, -0.2) is 44.9 Å². The molecule has 0 amide bonds. The van der Waals surface area contributed by atoms with E-state index in [-0.39, 0.29) is 11.3 Å². The number of nitrogens with zero attached hydrogens (tertiary/aromatic N) is 3. The van der Waals surface area contributed by atoms with Crippen LogP contribution < -0.4 is 0 Å². The average molecular weight is 456 g/mol. The summed E-state index contributed by atoms with van der Waals surface area (Å²) in [6, 6.07) is 2.13. The van der Waals surface area contributed by atoms with E-state index in [1.54, 1.807) is 24.2 Å². The normalized spacial score (nSPS) is 44.2. The van der Waals surface area contributed by atoms with Crippen molar-refractivity contribution >= 4 is 0 Å². The Balaban J connectivity index is 1.31. The van der Waals surface area contributed by atoms with E-state index in [1.807, 2.05) is 6.92 Å². The van der Waals surface area contributed by atoms with E-state index >= 15 is 0 Å². The number of rotatable bonds is 5. The molecule has 4 saturated carbocycles. The molecule has 4 aliphatic rings. The molecule has 0 radical (unpaired) electrons. The summed E-state index contributed by atoms with van der Waals surface area (Å²) in [5.74, 6) is 3.86. The number of hydrogen-bond acceptors (Lipinski definition) is 5. The lowest BCUT2D eigenvalue weighted by atomic mass is 9.48. The molecule has 0 unspecified atom stereocenters. The highest BCUT2D eigenvalue weighted by molar-refractivity contribution is 5.21. The molecule has 9 atom stereocenters. The molecule has 0 bridgehead atoms. The van der Waals surface area contributed by atoms with Crippen molar-refractivity contribution < 1.29 is 14.9 Å². The third kappa shape index (κ3) is 3.94. The predicted octanol–water partition coefficient (Wildman–Crippen LogP) is 4.15. The van der Waals surface area contributed by atoms with E-state index in [2.05, 4.69) is 18.1 Å². The molecule has 4 aliphatic carbocycles. The van der Waals surface area contributed by atoms with Crippen molar-refractivity contribution in [2.24, 2.45) is 40.9 Å². The van der Waals surface area contributed by atoms with Gasteiger partial charge in [0.2, 0.25) is 0 Å². The second-order valence-electron chi connectivity index (χ2n) is 12.4. The van der Waals surface area contributed by atoms with Crippen molar-refractivity contribution in [2.45, 2.75) is 89.4 Å². The zero-order valence-corrected chi connectivity index (χ0v) is 20.5. The quantitative estimate of drug-likeness (QED) is 0.696. The largest absolute Gasteiger partial charge is 0.388 e. The SMILES string of the molecule is COC[C@@]1(O)CC[C@H]2[C@@H](CC[C@@H]3[C@@H]2CC[C@@]2(C)[C@H]3CC[C@@H]2[C@@](C)(O)Cn2cc(C#N)cn2)C1. The Morgan fingerprint density at radius 2 is 1.97 bits per heavy atom. The first-order valence-electron chi connectivity index (χ1n) is 13.1. The van der Waals surface area contributed by atoms with E-state index in [0.29, 0.717) is 30.6 Å². The summed E-state index contributed by atoms with van der Waals surface area (Å²) in [5.41, 5.74) is -0.758. The molecule has 0 aromatic carbocycles. The third-order valence-electron chi connectivity index (χ3n) is 10.5. The van der Waals surface area contributed by atoms with Gasteiger partial charge in [0.15, 0.2) is 0 Å². The fraction of sp³-hybridized carbons (Fsp3) is 0.852. The standard InChI is InChI=1S/C27H41N3O3/c1-25-10-8-21-20-9-11-27(32,17-33-3)12-19(20)4-5-22(21)23(25)6-7-24(25)26(2,31)16-30-15-18(13-28)14-29-30/h14-15,19-24,31-32H,4-12,16-17H2,1-3H3/t19-,20-,21+,22+,23-,24-,25-,26-,27+/m0/s1. The fourth-order valence-corrected chi connectivity index (χ4v) is 9.33. The van der Waals surface area contributed by atoms with Crippen LogP contribution in [0.25, 0.3) is 0 Å². The number of aliphatic hydroxyl groups is 2. The van der Waals surface area contributed by atoms with Gasteiger partial charge in [0.05, 0.1) is 36.1 Å². The number of aromatic nitrogens is 2. The van der Waals surface area contributed by atoms with Gasteiger partial charge in [-0.2, -0.15) is 10.4 Å². The van der Waals surface area contributed by atoms with Gasteiger partial charge in [0.25, 0.3) is 0 Å². The van der Waals surface area contributed by atoms with Gasteiger partial charge in [-0.3, -0.25) is 4.68 Å². The highest BCUT2D eigenvalue weighted by Crippen LogP contribution is 2.66. The van der Waals surface area contributed by atoms with Crippen molar-refractivity contribution in [3.63, 3.8) is 0 Å². The van der Waals surface area contributed by atoms with E-state index in [0.717, 1.165) is 43.4 Å². The summed E-state index contributed by atoms with van der Waals surface area (Å²) >= 11 is 0. The van der Waals surface area contributed by atoms with Crippen molar-refractivity contribution in [2.75, 3.05) is 13.7 Å². The van der Waals surface area contributed by atoms with Gasteiger partial charge in [0, 0.05) is 13.3 Å². The zero-order valence-electron chi connectivity index (χ0n) is 20.5. The van der Waals surface area contributed by atoms with Gasteiger partial charge in [-0.05, 0) is 106 Å². The lowest BCUT2D eigenvalue weighted by Crippen LogP contribution is -2.54. The number of hydrogen-bond donors (Lipinski definition) is 2. The molecule has 4 fully saturated rings. The van der Waals surface area contributed by atoms with Crippen molar-refractivity contribution in [3.8, 4) is 6.07 Å². The molecule has 0 aliphatic heterocycles. The van der Waals surface area contributed by atoms with Crippen molar-refractivity contribution in [3.05, 3.63) is 18.0 Å². The second kappa shape index (κ2) is 8.36. The van der Waals surface area contributed by atoms with Gasteiger partial charge in [-0.15, -0.1) is 0 Å².